The van der Waals surface area contributed by atoms with Crippen LogP contribution in [-0.2, 0) is 16.1 Å². The van der Waals surface area contributed by atoms with Crippen LogP contribution < -0.4 is 14.9 Å². The van der Waals surface area contributed by atoms with Crippen LogP contribution in [0.3, 0.4) is 0 Å². The highest BCUT2D eigenvalue weighted by atomic mass is 35.5. The van der Waals surface area contributed by atoms with E-state index in [1.54, 1.807) is 11.5 Å². The highest BCUT2D eigenvalue weighted by molar-refractivity contribution is 7.07. The number of carbonyl (C=O) groups excluding carboxylic acids is 1. The quantitative estimate of drug-likeness (QED) is 0.237. The van der Waals surface area contributed by atoms with Gasteiger partial charge in [0.15, 0.2) is 4.80 Å². The second-order valence-electron chi connectivity index (χ2n) is 10.3. The van der Waals surface area contributed by atoms with Crippen molar-refractivity contribution in [3.8, 4) is 0 Å². The number of benzene rings is 3. The van der Waals surface area contributed by atoms with Gasteiger partial charge >= 0.3 is 5.97 Å². The maximum atomic E-state index is 14.1. The van der Waals surface area contributed by atoms with Gasteiger partial charge in [-0.1, -0.05) is 89.7 Å². The summed E-state index contributed by atoms with van der Waals surface area (Å²) in [5.41, 5.74) is 4.52. The number of hydrogen-bond donors (Lipinski definition) is 0. The zero-order valence-electron chi connectivity index (χ0n) is 22.9. The van der Waals surface area contributed by atoms with Gasteiger partial charge in [0.05, 0.1) is 27.9 Å². The molecule has 8 heteroatoms. The molecule has 3 heterocycles. The molecule has 41 heavy (non-hydrogen) atoms. The van der Waals surface area contributed by atoms with Crippen molar-refractivity contribution in [1.29, 1.82) is 0 Å². The van der Waals surface area contributed by atoms with E-state index in [4.69, 9.17) is 21.3 Å². The van der Waals surface area contributed by atoms with Crippen LogP contribution in [0.25, 0.3) is 17.0 Å². The lowest BCUT2D eigenvalue weighted by Crippen LogP contribution is -2.40. The number of hydrogen-bond acceptors (Lipinski definition) is 5. The van der Waals surface area contributed by atoms with Crippen molar-refractivity contribution >= 4 is 45.9 Å². The van der Waals surface area contributed by atoms with Gasteiger partial charge in [0, 0.05) is 34.2 Å². The number of esters is 1. The zero-order valence-corrected chi connectivity index (χ0v) is 24.4. The predicted molar refractivity (Wildman–Crippen MR) is 164 cm³/mol. The van der Waals surface area contributed by atoms with E-state index in [-0.39, 0.29) is 11.7 Å². The molecule has 206 valence electrons. The third-order valence-electron chi connectivity index (χ3n) is 7.10. The van der Waals surface area contributed by atoms with Crippen LogP contribution in [0.5, 0.6) is 0 Å². The number of thiazole rings is 1. The molecule has 0 fully saturated rings. The van der Waals surface area contributed by atoms with E-state index in [2.05, 4.69) is 22.9 Å². The highest BCUT2D eigenvalue weighted by Gasteiger charge is 2.33. The second kappa shape index (κ2) is 11.0. The number of rotatable bonds is 6. The van der Waals surface area contributed by atoms with Crippen molar-refractivity contribution in [1.82, 2.24) is 9.13 Å². The molecule has 0 amide bonds. The van der Waals surface area contributed by atoms with Crippen LogP contribution in [0.1, 0.15) is 43.5 Å². The summed E-state index contributed by atoms with van der Waals surface area (Å²) in [6, 6.07) is 24.8. The summed E-state index contributed by atoms with van der Waals surface area (Å²) in [5.74, 6) is -0.466. The summed E-state index contributed by atoms with van der Waals surface area (Å²) in [6.45, 7) is 6.02. The van der Waals surface area contributed by atoms with Crippen LogP contribution >= 0.6 is 22.9 Å². The molecule has 0 spiro atoms. The molecule has 0 bridgehead atoms. The maximum Gasteiger partial charge on any atom is 0.338 e. The number of allylic oxidation sites excluding steroid dienone is 1. The minimum Gasteiger partial charge on any atom is -0.459 e. The third kappa shape index (κ3) is 5.07. The summed E-state index contributed by atoms with van der Waals surface area (Å²) in [5, 5.41) is 1.74. The lowest BCUT2D eigenvalue weighted by Gasteiger charge is -2.25. The van der Waals surface area contributed by atoms with Gasteiger partial charge in [-0.05, 0) is 50.1 Å². The highest BCUT2D eigenvalue weighted by Crippen LogP contribution is 2.31. The maximum absolute atomic E-state index is 14.1. The number of halogens is 1. The van der Waals surface area contributed by atoms with Crippen molar-refractivity contribution < 1.29 is 9.53 Å². The van der Waals surface area contributed by atoms with Gasteiger partial charge in [0.2, 0.25) is 0 Å². The fraction of sp³-hybridized carbons (Fsp3) is 0.182. The Labute approximate surface area is 246 Å². The van der Waals surface area contributed by atoms with Crippen molar-refractivity contribution in [3.63, 3.8) is 0 Å². The van der Waals surface area contributed by atoms with Gasteiger partial charge in [-0.2, -0.15) is 0 Å². The summed E-state index contributed by atoms with van der Waals surface area (Å²) in [6.07, 6.45) is 3.67. The Morgan fingerprint density at radius 1 is 1.05 bits per heavy atom. The molecule has 0 saturated heterocycles. The van der Waals surface area contributed by atoms with Gasteiger partial charge in [-0.3, -0.25) is 9.36 Å². The predicted octanol–water partition coefficient (Wildman–Crippen LogP) is 5.84. The molecule has 6 rings (SSSR count). The Bertz CT molecular complexity index is 2000. The first kappa shape index (κ1) is 27.0. The normalized spacial score (nSPS) is 15.3. The lowest BCUT2D eigenvalue weighted by atomic mass is 9.96. The molecule has 3 aromatic carbocycles. The molecular formula is C33H28ClN3O3S. The Balaban J connectivity index is 1.51. The topological polar surface area (TPSA) is 65.6 Å². The SMILES string of the molecule is CC1=C(C(=O)OC(C)C)C(c2ccccc2)n2c(sc(=Cc3cn(Cc4ccccc4Cl)c4ccccc34)c2=O)=N1. The number of fused-ring (bicyclic) bond motifs is 2. The Kier molecular flexibility index (Phi) is 7.24. The smallest absolute Gasteiger partial charge is 0.338 e. The Hall–Kier alpha value is -4.20. The van der Waals surface area contributed by atoms with Crippen molar-refractivity contribution in [2.75, 3.05) is 0 Å². The molecular weight excluding hydrogens is 554 g/mol. The van der Waals surface area contributed by atoms with Crippen molar-refractivity contribution in [2.24, 2.45) is 4.99 Å². The molecule has 0 N–H and O–H groups in total. The molecule has 2 aromatic heterocycles. The van der Waals surface area contributed by atoms with Crippen LogP contribution in [0, 0.1) is 0 Å². The molecule has 0 aliphatic carbocycles. The van der Waals surface area contributed by atoms with Crippen molar-refractivity contribution in [3.05, 3.63) is 138 Å². The molecule has 0 radical (unpaired) electrons. The Morgan fingerprint density at radius 2 is 1.76 bits per heavy atom. The van der Waals surface area contributed by atoms with E-state index in [1.807, 2.05) is 86.7 Å². The number of para-hydroxylation sites is 1. The molecule has 5 aromatic rings. The zero-order chi connectivity index (χ0) is 28.7. The molecule has 1 aliphatic rings. The average Bonchev–Trinajstić information content (AvgIpc) is 3.45. The van der Waals surface area contributed by atoms with Crippen LogP contribution in [0.2, 0.25) is 5.02 Å². The average molecular weight is 582 g/mol. The number of carbonyl (C=O) groups is 1. The van der Waals surface area contributed by atoms with Gasteiger partial charge in [0.1, 0.15) is 0 Å². The second-order valence-corrected chi connectivity index (χ2v) is 11.7. The first-order valence-electron chi connectivity index (χ1n) is 13.4. The van der Waals surface area contributed by atoms with Crippen molar-refractivity contribution in [2.45, 2.75) is 39.5 Å². The molecule has 1 aliphatic heterocycles. The lowest BCUT2D eigenvalue weighted by molar-refractivity contribution is -0.143. The van der Waals surface area contributed by atoms with E-state index in [0.29, 0.717) is 32.2 Å². The third-order valence-corrected chi connectivity index (χ3v) is 8.46. The minimum absolute atomic E-state index is 0.201. The van der Waals surface area contributed by atoms with E-state index in [9.17, 15) is 9.59 Å². The minimum atomic E-state index is -0.637. The Morgan fingerprint density at radius 3 is 2.51 bits per heavy atom. The summed E-state index contributed by atoms with van der Waals surface area (Å²) in [7, 11) is 0. The van der Waals surface area contributed by atoms with Crippen LogP contribution in [-0.4, -0.2) is 21.2 Å². The fourth-order valence-corrected chi connectivity index (χ4v) is 6.52. The molecule has 6 nitrogen and oxygen atoms in total. The number of ether oxygens (including phenoxy) is 1. The standard InChI is InChI=1S/C33H28ClN3O3S/c1-20(2)40-32(39)29-21(3)35-33-37(30(29)22-11-5-4-6-12-22)31(38)28(41-33)17-24-19-36(27-16-10-8-14-25(24)27)18-23-13-7-9-15-26(23)34/h4-17,19-20,30H,18H2,1-3H3. The molecule has 1 unspecified atom stereocenters. The monoisotopic (exact) mass is 581 g/mol. The van der Waals surface area contributed by atoms with Gasteiger partial charge in [-0.25, -0.2) is 9.79 Å². The molecule has 1 atom stereocenters. The van der Waals surface area contributed by atoms with E-state index in [1.165, 1.54) is 11.3 Å². The van der Waals surface area contributed by atoms with E-state index >= 15 is 0 Å². The van der Waals surface area contributed by atoms with Crippen LogP contribution in [0.4, 0.5) is 0 Å². The summed E-state index contributed by atoms with van der Waals surface area (Å²) < 4.78 is 9.90. The first-order valence-corrected chi connectivity index (χ1v) is 14.6. The van der Waals surface area contributed by atoms with Crippen LogP contribution in [0.15, 0.2) is 106 Å². The van der Waals surface area contributed by atoms with Gasteiger partial charge in [-0.15, -0.1) is 0 Å². The number of nitrogens with zero attached hydrogens (tertiary/aromatic N) is 3. The van der Waals surface area contributed by atoms with Gasteiger partial charge < -0.3 is 9.30 Å². The summed E-state index contributed by atoms with van der Waals surface area (Å²) >= 11 is 7.79. The van der Waals surface area contributed by atoms with Gasteiger partial charge in [0.25, 0.3) is 5.56 Å². The van der Waals surface area contributed by atoms with E-state index in [0.717, 1.165) is 27.6 Å². The van der Waals surface area contributed by atoms with E-state index < -0.39 is 12.0 Å². The first-order chi connectivity index (χ1) is 19.8. The number of aromatic nitrogens is 2. The largest absolute Gasteiger partial charge is 0.459 e. The summed E-state index contributed by atoms with van der Waals surface area (Å²) in [4.78, 5) is 32.6. The fourth-order valence-electron chi connectivity index (χ4n) is 5.28. The molecule has 0 saturated carbocycles.